The molecular formula is C25H20F3NO2. The summed E-state index contributed by atoms with van der Waals surface area (Å²) in [4.78, 5) is 15.4. The zero-order chi connectivity index (χ0) is 22.0. The van der Waals surface area contributed by atoms with Gasteiger partial charge in [-0.1, -0.05) is 48.5 Å². The van der Waals surface area contributed by atoms with Gasteiger partial charge < -0.3 is 9.72 Å². The lowest BCUT2D eigenvalue weighted by Gasteiger charge is -2.08. The molecule has 4 rings (SSSR count). The van der Waals surface area contributed by atoms with Crippen molar-refractivity contribution in [1.82, 2.24) is 4.98 Å². The molecule has 0 aliphatic heterocycles. The summed E-state index contributed by atoms with van der Waals surface area (Å²) in [5, 5.41) is 0.945. The van der Waals surface area contributed by atoms with Gasteiger partial charge in [0.25, 0.3) is 0 Å². The number of carbonyl (C=O) groups is 1. The Balaban J connectivity index is 1.69. The molecule has 0 fully saturated rings. The number of para-hydroxylation sites is 1. The van der Waals surface area contributed by atoms with Crippen molar-refractivity contribution in [2.24, 2.45) is 0 Å². The Hall–Kier alpha value is -3.54. The number of benzene rings is 3. The molecule has 0 amide bonds. The standard InChI is InChI=1S/C25H20F3NO2/c1-2-31-24(30)19-9-4-7-17(14-19)22-11-5-8-18-15-21(29-23(18)22)13-16-6-3-10-20(12-16)25(26,27)28/h3-12,14-15,29H,2,13H2,1H3. The number of aromatic nitrogens is 1. The zero-order valence-electron chi connectivity index (χ0n) is 16.8. The second-order valence-electron chi connectivity index (χ2n) is 7.24. The number of alkyl halides is 3. The van der Waals surface area contributed by atoms with Crippen LogP contribution in [0.2, 0.25) is 0 Å². The monoisotopic (exact) mass is 423 g/mol. The zero-order valence-corrected chi connectivity index (χ0v) is 16.8. The molecule has 0 aliphatic carbocycles. The lowest BCUT2D eigenvalue weighted by molar-refractivity contribution is -0.137. The minimum absolute atomic E-state index is 0.300. The first-order valence-corrected chi connectivity index (χ1v) is 9.89. The fraction of sp³-hybridized carbons (Fsp3) is 0.160. The van der Waals surface area contributed by atoms with Gasteiger partial charge >= 0.3 is 12.1 Å². The number of halogens is 3. The number of hydrogen-bond acceptors (Lipinski definition) is 2. The summed E-state index contributed by atoms with van der Waals surface area (Å²) in [5.74, 6) is -0.381. The lowest BCUT2D eigenvalue weighted by Crippen LogP contribution is -2.05. The van der Waals surface area contributed by atoms with Gasteiger partial charge in [-0.25, -0.2) is 4.79 Å². The second-order valence-corrected chi connectivity index (χ2v) is 7.24. The van der Waals surface area contributed by atoms with E-state index >= 15 is 0 Å². The Morgan fingerprint density at radius 1 is 0.968 bits per heavy atom. The van der Waals surface area contributed by atoms with Crippen LogP contribution in [0.3, 0.4) is 0 Å². The van der Waals surface area contributed by atoms with E-state index in [4.69, 9.17) is 4.74 Å². The number of nitrogens with one attached hydrogen (secondary N) is 1. The number of aromatic amines is 1. The van der Waals surface area contributed by atoms with Gasteiger partial charge in [-0.05, 0) is 42.3 Å². The van der Waals surface area contributed by atoms with E-state index in [1.807, 2.05) is 30.3 Å². The van der Waals surface area contributed by atoms with Gasteiger partial charge in [0, 0.05) is 23.1 Å². The third-order valence-electron chi connectivity index (χ3n) is 5.05. The largest absolute Gasteiger partial charge is 0.462 e. The maximum absolute atomic E-state index is 13.0. The van der Waals surface area contributed by atoms with E-state index in [1.165, 1.54) is 12.1 Å². The first kappa shape index (κ1) is 20.7. The molecule has 0 spiro atoms. The quantitative estimate of drug-likeness (QED) is 0.367. The van der Waals surface area contributed by atoms with E-state index in [0.717, 1.165) is 33.8 Å². The molecule has 1 N–H and O–H groups in total. The van der Waals surface area contributed by atoms with Gasteiger partial charge in [-0.3, -0.25) is 0 Å². The first-order chi connectivity index (χ1) is 14.8. The van der Waals surface area contributed by atoms with E-state index in [9.17, 15) is 18.0 Å². The second kappa shape index (κ2) is 8.30. The molecule has 1 heterocycles. The van der Waals surface area contributed by atoms with Gasteiger partial charge in [0.15, 0.2) is 0 Å². The summed E-state index contributed by atoms with van der Waals surface area (Å²) in [7, 11) is 0. The molecule has 4 aromatic rings. The summed E-state index contributed by atoms with van der Waals surface area (Å²) in [6.07, 6.45) is -4.02. The maximum Gasteiger partial charge on any atom is 0.416 e. The molecule has 6 heteroatoms. The molecule has 0 atom stereocenters. The predicted octanol–water partition coefficient (Wildman–Crippen LogP) is 6.62. The molecule has 3 nitrogen and oxygen atoms in total. The van der Waals surface area contributed by atoms with Crippen LogP contribution >= 0.6 is 0 Å². The molecule has 1 aromatic heterocycles. The van der Waals surface area contributed by atoms with Crippen molar-refractivity contribution in [3.8, 4) is 11.1 Å². The topological polar surface area (TPSA) is 42.1 Å². The van der Waals surface area contributed by atoms with Crippen LogP contribution < -0.4 is 0 Å². The van der Waals surface area contributed by atoms with Crippen LogP contribution in [0.5, 0.6) is 0 Å². The molecule has 0 saturated carbocycles. The molecule has 0 unspecified atom stereocenters. The van der Waals surface area contributed by atoms with Crippen LogP contribution in [-0.4, -0.2) is 17.6 Å². The number of ether oxygens (including phenoxy) is 1. The van der Waals surface area contributed by atoms with Gasteiger partial charge in [-0.2, -0.15) is 13.2 Å². The van der Waals surface area contributed by atoms with Crippen molar-refractivity contribution in [3.63, 3.8) is 0 Å². The van der Waals surface area contributed by atoms with Crippen molar-refractivity contribution in [2.45, 2.75) is 19.5 Å². The molecule has 31 heavy (non-hydrogen) atoms. The van der Waals surface area contributed by atoms with Crippen LogP contribution in [0, 0.1) is 0 Å². The fourth-order valence-corrected chi connectivity index (χ4v) is 3.66. The SMILES string of the molecule is CCOC(=O)c1cccc(-c2cccc3cc(Cc4cccc(C(F)(F)F)c4)[nH]c23)c1. The van der Waals surface area contributed by atoms with Crippen molar-refractivity contribution in [1.29, 1.82) is 0 Å². The summed E-state index contributed by atoms with van der Waals surface area (Å²) in [6.45, 7) is 2.06. The molecule has 158 valence electrons. The number of rotatable bonds is 5. The van der Waals surface area contributed by atoms with Gasteiger partial charge in [0.2, 0.25) is 0 Å². The Morgan fingerprint density at radius 3 is 2.52 bits per heavy atom. The Labute approximate surface area is 177 Å². The normalized spacial score (nSPS) is 11.6. The van der Waals surface area contributed by atoms with Gasteiger partial charge in [0.1, 0.15) is 0 Å². The highest BCUT2D eigenvalue weighted by molar-refractivity contribution is 5.97. The molecular weight excluding hydrogens is 403 g/mol. The highest BCUT2D eigenvalue weighted by atomic mass is 19.4. The number of carbonyl (C=O) groups excluding carboxylic acids is 1. The highest BCUT2D eigenvalue weighted by Crippen LogP contribution is 2.32. The lowest BCUT2D eigenvalue weighted by atomic mass is 10.0. The molecule has 0 bridgehead atoms. The van der Waals surface area contributed by atoms with E-state index in [-0.39, 0.29) is 5.97 Å². The van der Waals surface area contributed by atoms with Crippen molar-refractivity contribution < 1.29 is 22.7 Å². The average molecular weight is 423 g/mol. The Kier molecular flexibility index (Phi) is 5.55. The predicted molar refractivity (Wildman–Crippen MR) is 114 cm³/mol. The summed E-state index contributed by atoms with van der Waals surface area (Å²) >= 11 is 0. The fourth-order valence-electron chi connectivity index (χ4n) is 3.66. The summed E-state index contributed by atoms with van der Waals surface area (Å²) in [5.41, 5.74) is 3.81. The smallest absolute Gasteiger partial charge is 0.416 e. The van der Waals surface area contributed by atoms with Crippen molar-refractivity contribution >= 4 is 16.9 Å². The maximum atomic E-state index is 13.0. The number of esters is 1. The third-order valence-corrected chi connectivity index (χ3v) is 5.05. The number of hydrogen-bond donors (Lipinski definition) is 1. The summed E-state index contributed by atoms with van der Waals surface area (Å²) < 4.78 is 44.1. The van der Waals surface area contributed by atoms with E-state index in [2.05, 4.69) is 4.98 Å². The van der Waals surface area contributed by atoms with Gasteiger partial charge in [0.05, 0.1) is 23.3 Å². The van der Waals surface area contributed by atoms with Crippen molar-refractivity contribution in [2.75, 3.05) is 6.61 Å². The Morgan fingerprint density at radius 2 is 1.74 bits per heavy atom. The molecule has 0 radical (unpaired) electrons. The Bertz CT molecular complexity index is 1240. The van der Waals surface area contributed by atoms with Crippen LogP contribution in [-0.2, 0) is 17.3 Å². The van der Waals surface area contributed by atoms with E-state index < -0.39 is 11.7 Å². The van der Waals surface area contributed by atoms with Crippen LogP contribution in [0.4, 0.5) is 13.2 Å². The average Bonchev–Trinajstić information content (AvgIpc) is 3.16. The molecule has 0 aliphatic rings. The number of H-pyrrole nitrogens is 1. The highest BCUT2D eigenvalue weighted by Gasteiger charge is 2.30. The van der Waals surface area contributed by atoms with Crippen molar-refractivity contribution in [3.05, 3.63) is 95.2 Å². The molecule has 3 aromatic carbocycles. The van der Waals surface area contributed by atoms with Crippen LogP contribution in [0.1, 0.15) is 34.1 Å². The number of fused-ring (bicyclic) bond motifs is 1. The minimum atomic E-state index is -4.37. The van der Waals surface area contributed by atoms with E-state index in [1.54, 1.807) is 31.2 Å². The summed E-state index contributed by atoms with van der Waals surface area (Å²) in [6, 6.07) is 20.3. The van der Waals surface area contributed by atoms with Crippen LogP contribution in [0.15, 0.2) is 72.8 Å². The van der Waals surface area contributed by atoms with Gasteiger partial charge in [-0.15, -0.1) is 0 Å². The minimum Gasteiger partial charge on any atom is -0.462 e. The molecule has 0 saturated heterocycles. The first-order valence-electron chi connectivity index (χ1n) is 9.89. The van der Waals surface area contributed by atoms with Crippen LogP contribution in [0.25, 0.3) is 22.0 Å². The third kappa shape index (κ3) is 4.48. The van der Waals surface area contributed by atoms with E-state index in [0.29, 0.717) is 24.2 Å².